The predicted octanol–water partition coefficient (Wildman–Crippen LogP) is 5.51. The maximum Gasteiger partial charge on any atom is 0.255 e. The highest BCUT2D eigenvalue weighted by Crippen LogP contribution is 2.29. The van der Waals surface area contributed by atoms with Crippen molar-refractivity contribution in [1.82, 2.24) is 14.9 Å². The molecule has 1 aliphatic rings. The Kier molecular flexibility index (Phi) is 6.36. The molecule has 158 valence electrons. The van der Waals surface area contributed by atoms with Crippen LogP contribution in [0.5, 0.6) is 5.75 Å². The molecule has 1 saturated carbocycles. The lowest BCUT2D eigenvalue weighted by Gasteiger charge is -2.23. The molecule has 1 amide bonds. The third kappa shape index (κ3) is 4.35. The number of carbonyl (C=O) groups is 1. The first-order valence-corrected chi connectivity index (χ1v) is 11.1. The quantitative estimate of drug-likeness (QED) is 0.564. The molecule has 0 saturated heterocycles. The van der Waals surface area contributed by atoms with Gasteiger partial charge in [-0.05, 0) is 43.5 Å². The second-order valence-electron chi connectivity index (χ2n) is 8.30. The van der Waals surface area contributed by atoms with Crippen molar-refractivity contribution in [1.29, 1.82) is 0 Å². The van der Waals surface area contributed by atoms with E-state index in [9.17, 15) is 4.79 Å². The molecule has 0 bridgehead atoms. The van der Waals surface area contributed by atoms with E-state index in [1.54, 1.807) is 19.2 Å². The molecular formula is C25H31N3O2. The minimum absolute atomic E-state index is 0.147. The first kappa shape index (κ1) is 20.5. The predicted molar refractivity (Wildman–Crippen MR) is 120 cm³/mol. The minimum Gasteiger partial charge on any atom is -0.496 e. The fourth-order valence-corrected chi connectivity index (χ4v) is 4.62. The van der Waals surface area contributed by atoms with Crippen LogP contribution in [-0.2, 0) is 6.54 Å². The van der Waals surface area contributed by atoms with Gasteiger partial charge in [0.25, 0.3) is 5.91 Å². The van der Waals surface area contributed by atoms with Crippen molar-refractivity contribution in [2.75, 3.05) is 7.11 Å². The molecule has 2 aromatic carbocycles. The summed E-state index contributed by atoms with van der Waals surface area (Å²) in [6.07, 6.45) is 7.92. The number of hydrogen-bond donors (Lipinski definition) is 1. The highest BCUT2D eigenvalue weighted by molar-refractivity contribution is 5.97. The number of aromatic nitrogens is 2. The summed E-state index contributed by atoms with van der Waals surface area (Å²) >= 11 is 0. The highest BCUT2D eigenvalue weighted by Gasteiger charge is 2.21. The number of amides is 1. The number of fused-ring (bicyclic) bond motifs is 1. The molecule has 0 radical (unpaired) electrons. The van der Waals surface area contributed by atoms with Crippen molar-refractivity contribution in [3.63, 3.8) is 0 Å². The number of ether oxygens (including phenoxy) is 1. The third-order valence-corrected chi connectivity index (χ3v) is 6.26. The molecule has 4 rings (SSSR count). The zero-order valence-corrected chi connectivity index (χ0v) is 17.9. The van der Waals surface area contributed by atoms with Crippen LogP contribution in [0.1, 0.15) is 67.7 Å². The fourth-order valence-electron chi connectivity index (χ4n) is 4.62. The maximum atomic E-state index is 12.9. The lowest BCUT2D eigenvalue weighted by atomic mass is 9.87. The van der Waals surface area contributed by atoms with Crippen LogP contribution in [0.3, 0.4) is 0 Å². The van der Waals surface area contributed by atoms with E-state index in [-0.39, 0.29) is 11.9 Å². The number of nitrogens with one attached hydrogen (secondary N) is 1. The van der Waals surface area contributed by atoms with E-state index in [4.69, 9.17) is 9.72 Å². The van der Waals surface area contributed by atoms with E-state index >= 15 is 0 Å². The Labute approximate surface area is 178 Å². The summed E-state index contributed by atoms with van der Waals surface area (Å²) in [6, 6.07) is 15.3. The fraction of sp³-hybridized carbons (Fsp3) is 0.440. The van der Waals surface area contributed by atoms with Crippen molar-refractivity contribution in [2.24, 2.45) is 5.92 Å². The molecule has 30 heavy (non-hydrogen) atoms. The number of benzene rings is 2. The number of methoxy groups -OCH3 is 1. The van der Waals surface area contributed by atoms with Crippen molar-refractivity contribution in [3.05, 3.63) is 59.9 Å². The van der Waals surface area contributed by atoms with E-state index in [1.165, 1.54) is 38.5 Å². The Hall–Kier alpha value is -2.82. The number of para-hydroxylation sites is 3. The Morgan fingerprint density at radius 3 is 2.67 bits per heavy atom. The van der Waals surface area contributed by atoms with Gasteiger partial charge in [-0.25, -0.2) is 4.98 Å². The number of rotatable bonds is 7. The summed E-state index contributed by atoms with van der Waals surface area (Å²) in [5.74, 6) is 2.14. The third-order valence-electron chi connectivity index (χ3n) is 6.26. The molecule has 0 aliphatic heterocycles. The second-order valence-corrected chi connectivity index (χ2v) is 8.30. The summed E-state index contributed by atoms with van der Waals surface area (Å²) in [5.41, 5.74) is 2.66. The molecule has 1 aromatic heterocycles. The van der Waals surface area contributed by atoms with Gasteiger partial charge >= 0.3 is 0 Å². The highest BCUT2D eigenvalue weighted by atomic mass is 16.5. The number of aryl methyl sites for hydroxylation is 1. The molecule has 1 unspecified atom stereocenters. The molecule has 3 aromatic rings. The molecule has 5 nitrogen and oxygen atoms in total. The SMILES string of the molecule is COc1ccccc1C(=O)NC(C)c1nc2ccccc2n1CCC1CCCCC1. The molecule has 0 spiro atoms. The van der Waals surface area contributed by atoms with Crippen LogP contribution < -0.4 is 10.1 Å². The van der Waals surface area contributed by atoms with E-state index in [2.05, 4.69) is 22.0 Å². The molecule has 1 fully saturated rings. The normalized spacial score (nSPS) is 15.8. The monoisotopic (exact) mass is 405 g/mol. The Morgan fingerprint density at radius 1 is 1.13 bits per heavy atom. The van der Waals surface area contributed by atoms with Gasteiger partial charge in [-0.1, -0.05) is 56.4 Å². The molecule has 1 N–H and O–H groups in total. The van der Waals surface area contributed by atoms with E-state index in [0.717, 1.165) is 29.3 Å². The average molecular weight is 406 g/mol. The van der Waals surface area contributed by atoms with Crippen molar-refractivity contribution in [2.45, 2.75) is 58.0 Å². The summed E-state index contributed by atoms with van der Waals surface area (Å²) in [6.45, 7) is 2.95. The van der Waals surface area contributed by atoms with Gasteiger partial charge in [-0.2, -0.15) is 0 Å². The van der Waals surface area contributed by atoms with Gasteiger partial charge in [0, 0.05) is 6.54 Å². The maximum absolute atomic E-state index is 12.9. The molecule has 1 atom stereocenters. The van der Waals surface area contributed by atoms with Crippen LogP contribution in [0.15, 0.2) is 48.5 Å². The molecule has 1 heterocycles. The first-order chi connectivity index (χ1) is 14.7. The number of nitrogens with zero attached hydrogens (tertiary/aromatic N) is 2. The van der Waals surface area contributed by atoms with Gasteiger partial charge < -0.3 is 14.6 Å². The molecule has 5 heteroatoms. The van der Waals surface area contributed by atoms with Crippen LogP contribution in [0.2, 0.25) is 0 Å². The van der Waals surface area contributed by atoms with Crippen molar-refractivity contribution < 1.29 is 9.53 Å². The number of imidazole rings is 1. The average Bonchev–Trinajstić information content (AvgIpc) is 3.17. The lowest BCUT2D eigenvalue weighted by Crippen LogP contribution is -2.29. The van der Waals surface area contributed by atoms with Crippen LogP contribution >= 0.6 is 0 Å². The lowest BCUT2D eigenvalue weighted by molar-refractivity contribution is 0.0934. The smallest absolute Gasteiger partial charge is 0.255 e. The summed E-state index contributed by atoms with van der Waals surface area (Å²) in [4.78, 5) is 17.8. The van der Waals surface area contributed by atoms with E-state index in [1.807, 2.05) is 31.2 Å². The summed E-state index contributed by atoms with van der Waals surface area (Å²) in [5, 5.41) is 3.12. The number of carbonyl (C=O) groups excluding carboxylic acids is 1. The standard InChI is InChI=1S/C25H31N3O2/c1-18(26-25(29)20-12-6-9-15-23(20)30-2)24-27-21-13-7-8-14-22(21)28(24)17-16-19-10-4-3-5-11-19/h6-9,12-15,18-19H,3-5,10-11,16-17H2,1-2H3,(H,26,29). The van der Waals surface area contributed by atoms with Gasteiger partial charge in [0.05, 0.1) is 29.7 Å². The Morgan fingerprint density at radius 2 is 1.87 bits per heavy atom. The Balaban J connectivity index is 1.56. The zero-order chi connectivity index (χ0) is 20.9. The Bertz CT molecular complexity index is 1000. The second kappa shape index (κ2) is 9.33. The van der Waals surface area contributed by atoms with Crippen LogP contribution in [0.25, 0.3) is 11.0 Å². The van der Waals surface area contributed by atoms with Gasteiger partial charge in [0.2, 0.25) is 0 Å². The van der Waals surface area contributed by atoms with Crippen molar-refractivity contribution >= 4 is 16.9 Å². The van der Waals surface area contributed by atoms with Crippen molar-refractivity contribution in [3.8, 4) is 5.75 Å². The summed E-state index contributed by atoms with van der Waals surface area (Å²) < 4.78 is 7.65. The topological polar surface area (TPSA) is 56.1 Å². The van der Waals surface area contributed by atoms with Gasteiger partial charge in [-0.15, -0.1) is 0 Å². The van der Waals surface area contributed by atoms with E-state index in [0.29, 0.717) is 11.3 Å². The van der Waals surface area contributed by atoms with Gasteiger partial charge in [0.1, 0.15) is 11.6 Å². The zero-order valence-electron chi connectivity index (χ0n) is 17.9. The molecule has 1 aliphatic carbocycles. The van der Waals surface area contributed by atoms with E-state index < -0.39 is 0 Å². The largest absolute Gasteiger partial charge is 0.496 e. The van der Waals surface area contributed by atoms with Gasteiger partial charge in [0.15, 0.2) is 0 Å². The minimum atomic E-state index is -0.207. The van der Waals surface area contributed by atoms with Crippen LogP contribution in [0.4, 0.5) is 0 Å². The molecular weight excluding hydrogens is 374 g/mol. The summed E-state index contributed by atoms with van der Waals surface area (Å²) in [7, 11) is 1.58. The van der Waals surface area contributed by atoms with Crippen LogP contribution in [0, 0.1) is 5.92 Å². The number of hydrogen-bond acceptors (Lipinski definition) is 3. The van der Waals surface area contributed by atoms with Gasteiger partial charge in [-0.3, -0.25) is 4.79 Å². The first-order valence-electron chi connectivity index (χ1n) is 11.1. The van der Waals surface area contributed by atoms with Crippen LogP contribution in [-0.4, -0.2) is 22.6 Å².